The third-order valence-corrected chi connectivity index (χ3v) is 9.12. The van der Waals surface area contributed by atoms with Crippen LogP contribution in [0.3, 0.4) is 0 Å². The van der Waals surface area contributed by atoms with Gasteiger partial charge in [-0.05, 0) is 56.4 Å². The van der Waals surface area contributed by atoms with Crippen molar-refractivity contribution in [2.75, 3.05) is 39.0 Å². The number of halogens is 1. The number of hydrogen-bond donors (Lipinski definition) is 2. The Kier molecular flexibility index (Phi) is 9.56. The van der Waals surface area contributed by atoms with Gasteiger partial charge >= 0.3 is 0 Å². The Hall–Kier alpha value is -0.520. The van der Waals surface area contributed by atoms with Crippen molar-refractivity contribution in [2.24, 2.45) is 10.9 Å². The van der Waals surface area contributed by atoms with Gasteiger partial charge in [-0.15, -0.1) is 24.0 Å². The summed E-state index contributed by atoms with van der Waals surface area (Å²) in [6.45, 7) is 5.20. The molecule has 0 aliphatic carbocycles. The highest BCUT2D eigenvalue weighted by Crippen LogP contribution is 2.36. The summed E-state index contributed by atoms with van der Waals surface area (Å²) >= 11 is 2.04. The van der Waals surface area contributed by atoms with Gasteiger partial charge in [-0.2, -0.15) is 16.1 Å². The van der Waals surface area contributed by atoms with Crippen LogP contribution in [0.25, 0.3) is 0 Å². The summed E-state index contributed by atoms with van der Waals surface area (Å²) in [5.41, 5.74) is 0. The van der Waals surface area contributed by atoms with E-state index in [1.54, 1.807) is 35.6 Å². The molecule has 164 valence electrons. The Morgan fingerprint density at radius 2 is 1.93 bits per heavy atom. The normalized spacial score (nSPS) is 24.1. The second-order valence-corrected chi connectivity index (χ2v) is 11.5. The van der Waals surface area contributed by atoms with E-state index >= 15 is 0 Å². The molecule has 0 spiro atoms. The molecule has 2 saturated heterocycles. The lowest BCUT2D eigenvalue weighted by molar-refractivity contribution is 0.273. The average molecular weight is 553 g/mol. The van der Waals surface area contributed by atoms with Crippen LogP contribution in [-0.2, 0) is 10.0 Å². The fourth-order valence-electron chi connectivity index (χ4n) is 3.80. The highest BCUT2D eigenvalue weighted by atomic mass is 127. The number of thioether (sulfide) groups is 1. The summed E-state index contributed by atoms with van der Waals surface area (Å²) in [6.07, 6.45) is 4.27. The Balaban J connectivity index is 0.00000300. The highest BCUT2D eigenvalue weighted by Gasteiger charge is 2.30. The van der Waals surface area contributed by atoms with Crippen molar-refractivity contribution in [3.05, 3.63) is 30.3 Å². The molecule has 9 heteroatoms. The van der Waals surface area contributed by atoms with Crippen molar-refractivity contribution >= 4 is 51.7 Å². The van der Waals surface area contributed by atoms with E-state index in [0.29, 0.717) is 28.6 Å². The molecule has 1 atom stereocenters. The van der Waals surface area contributed by atoms with Gasteiger partial charge in [-0.25, -0.2) is 8.42 Å². The van der Waals surface area contributed by atoms with E-state index in [2.05, 4.69) is 22.5 Å². The monoisotopic (exact) mass is 552 g/mol. The fraction of sp³-hybridized carbons (Fsp3) is 0.650. The van der Waals surface area contributed by atoms with Gasteiger partial charge in [0.1, 0.15) is 0 Å². The predicted molar refractivity (Wildman–Crippen MR) is 133 cm³/mol. The van der Waals surface area contributed by atoms with Crippen molar-refractivity contribution < 1.29 is 8.42 Å². The van der Waals surface area contributed by atoms with Gasteiger partial charge in [-0.3, -0.25) is 4.99 Å². The van der Waals surface area contributed by atoms with Crippen LogP contribution in [-0.4, -0.2) is 62.4 Å². The van der Waals surface area contributed by atoms with Gasteiger partial charge in [0.05, 0.1) is 4.90 Å². The van der Waals surface area contributed by atoms with Crippen LogP contribution in [0, 0.1) is 5.92 Å². The van der Waals surface area contributed by atoms with Crippen LogP contribution in [0.15, 0.2) is 40.2 Å². The van der Waals surface area contributed by atoms with E-state index in [4.69, 9.17) is 0 Å². The Bertz CT molecular complexity index is 760. The van der Waals surface area contributed by atoms with E-state index in [9.17, 15) is 8.42 Å². The molecule has 2 N–H and O–H groups in total. The zero-order valence-corrected chi connectivity index (χ0v) is 21.2. The number of hydrogen-bond acceptors (Lipinski definition) is 4. The summed E-state index contributed by atoms with van der Waals surface area (Å²) in [6, 6.07) is 8.71. The van der Waals surface area contributed by atoms with E-state index in [1.165, 1.54) is 18.6 Å². The van der Waals surface area contributed by atoms with Crippen molar-refractivity contribution in [1.29, 1.82) is 0 Å². The Morgan fingerprint density at radius 3 is 2.52 bits per heavy atom. The maximum atomic E-state index is 12.7. The van der Waals surface area contributed by atoms with Gasteiger partial charge in [-0.1, -0.05) is 18.2 Å². The summed E-state index contributed by atoms with van der Waals surface area (Å²) in [7, 11) is -1.57. The van der Waals surface area contributed by atoms with Crippen LogP contribution >= 0.6 is 35.7 Å². The van der Waals surface area contributed by atoms with E-state index < -0.39 is 10.0 Å². The number of nitrogens with one attached hydrogen (secondary N) is 2. The van der Waals surface area contributed by atoms with Gasteiger partial charge in [0.2, 0.25) is 10.0 Å². The number of rotatable bonds is 6. The minimum atomic E-state index is -3.37. The molecule has 1 aromatic rings. The number of piperidine rings is 1. The van der Waals surface area contributed by atoms with E-state index in [0.717, 1.165) is 31.9 Å². The maximum Gasteiger partial charge on any atom is 0.243 e. The standard InChI is InChI=1S/C20H32N4O2S2.HI/c1-20(11-6-14-27-20)16-23-19(21-2)22-15-17-9-12-24(13-10-17)28(25,26)18-7-4-3-5-8-18;/h3-5,7-8,17H,6,9-16H2,1-2H3,(H2,21,22,23);1H. The zero-order valence-electron chi connectivity index (χ0n) is 17.3. The predicted octanol–water partition coefficient (Wildman–Crippen LogP) is 3.16. The second kappa shape index (κ2) is 11.2. The smallest absolute Gasteiger partial charge is 0.243 e. The number of sulfonamides is 1. The molecule has 2 fully saturated rings. The van der Waals surface area contributed by atoms with Crippen molar-refractivity contribution in [3.8, 4) is 0 Å². The van der Waals surface area contributed by atoms with Crippen molar-refractivity contribution in [1.82, 2.24) is 14.9 Å². The molecule has 6 nitrogen and oxygen atoms in total. The first-order chi connectivity index (χ1) is 13.4. The second-order valence-electron chi connectivity index (χ2n) is 7.87. The quantitative estimate of drug-likeness (QED) is 0.322. The number of nitrogens with zero attached hydrogens (tertiary/aromatic N) is 2. The molecule has 1 unspecified atom stereocenters. The van der Waals surface area contributed by atoms with Crippen molar-refractivity contribution in [2.45, 2.75) is 42.2 Å². The lowest BCUT2D eigenvalue weighted by atomic mass is 9.98. The summed E-state index contributed by atoms with van der Waals surface area (Å²) in [5, 5.41) is 6.88. The number of guanidine groups is 1. The largest absolute Gasteiger partial charge is 0.356 e. The average Bonchev–Trinajstić information content (AvgIpc) is 3.16. The molecular formula is C20H33IN4O2S2. The molecule has 3 rings (SSSR count). The van der Waals surface area contributed by atoms with Gasteiger partial charge in [0.15, 0.2) is 5.96 Å². The maximum absolute atomic E-state index is 12.7. The van der Waals surface area contributed by atoms with Crippen LogP contribution in [0.2, 0.25) is 0 Å². The first-order valence-electron chi connectivity index (χ1n) is 10.1. The molecule has 2 aliphatic heterocycles. The molecule has 0 bridgehead atoms. The minimum Gasteiger partial charge on any atom is -0.356 e. The lowest BCUT2D eigenvalue weighted by Crippen LogP contribution is -2.46. The van der Waals surface area contributed by atoms with E-state index in [-0.39, 0.29) is 24.0 Å². The summed E-state index contributed by atoms with van der Waals surface area (Å²) < 4.78 is 27.4. The minimum absolute atomic E-state index is 0. The molecular weight excluding hydrogens is 519 g/mol. The highest BCUT2D eigenvalue weighted by molar-refractivity contribution is 14.0. The lowest BCUT2D eigenvalue weighted by Gasteiger charge is -2.31. The van der Waals surface area contributed by atoms with Crippen LogP contribution in [0.5, 0.6) is 0 Å². The molecule has 29 heavy (non-hydrogen) atoms. The molecule has 1 aromatic carbocycles. The SMILES string of the molecule is CN=C(NCC1CCN(S(=O)(=O)c2ccccc2)CC1)NCC1(C)CCCS1.I. The van der Waals surface area contributed by atoms with Crippen molar-refractivity contribution in [3.63, 3.8) is 0 Å². The number of aliphatic imine (C=N–C) groups is 1. The van der Waals surface area contributed by atoms with Crippen LogP contribution < -0.4 is 10.6 Å². The summed E-state index contributed by atoms with van der Waals surface area (Å²) in [4.78, 5) is 4.72. The first-order valence-corrected chi connectivity index (χ1v) is 12.5. The van der Waals surface area contributed by atoms with Gasteiger partial charge in [0.25, 0.3) is 0 Å². The molecule has 2 heterocycles. The third kappa shape index (κ3) is 6.73. The first kappa shape index (κ1) is 24.7. The van der Waals surface area contributed by atoms with E-state index in [1.807, 2.05) is 17.8 Å². The van der Waals surface area contributed by atoms with Gasteiger partial charge < -0.3 is 10.6 Å². The Labute approximate surface area is 196 Å². The van der Waals surface area contributed by atoms with Crippen LogP contribution in [0.1, 0.15) is 32.6 Å². The molecule has 2 aliphatic rings. The summed E-state index contributed by atoms with van der Waals surface area (Å²) in [5.74, 6) is 2.54. The third-order valence-electron chi connectivity index (χ3n) is 5.67. The number of benzene rings is 1. The van der Waals surface area contributed by atoms with Gasteiger partial charge in [0, 0.05) is 38.0 Å². The Morgan fingerprint density at radius 1 is 1.24 bits per heavy atom. The molecule has 0 radical (unpaired) electrons. The van der Waals surface area contributed by atoms with Crippen LogP contribution in [0.4, 0.5) is 0 Å². The molecule has 0 saturated carbocycles. The topological polar surface area (TPSA) is 73.8 Å². The molecule has 0 aromatic heterocycles. The molecule has 0 amide bonds. The fourth-order valence-corrected chi connectivity index (χ4v) is 6.54. The zero-order chi connectivity index (χ0) is 20.0.